The van der Waals surface area contributed by atoms with E-state index in [1.807, 2.05) is 16.8 Å². The smallest absolute Gasteiger partial charge is 0.450 e. The van der Waals surface area contributed by atoms with Gasteiger partial charge in [-0.3, -0.25) is 14.6 Å². The molecular formula is C26H40N6O5. The van der Waals surface area contributed by atoms with Gasteiger partial charge in [-0.15, -0.1) is 0 Å². The van der Waals surface area contributed by atoms with E-state index in [0.29, 0.717) is 11.7 Å². The number of nitrogens with one attached hydrogen (secondary N) is 1. The van der Waals surface area contributed by atoms with E-state index in [0.717, 1.165) is 69.2 Å². The van der Waals surface area contributed by atoms with Crippen LogP contribution in [0.5, 0.6) is 0 Å². The maximum atomic E-state index is 12.0. The summed E-state index contributed by atoms with van der Waals surface area (Å²) in [6, 6.07) is 2.22. The Morgan fingerprint density at radius 2 is 1.97 bits per heavy atom. The zero-order chi connectivity index (χ0) is 27.0. The van der Waals surface area contributed by atoms with Crippen molar-refractivity contribution < 1.29 is 24.2 Å². The molecule has 2 aromatic rings. The number of rotatable bonds is 6. The van der Waals surface area contributed by atoms with Crippen molar-refractivity contribution in [2.24, 2.45) is 0 Å². The number of carbonyl (C=O) groups is 2. The molecule has 11 heteroatoms. The van der Waals surface area contributed by atoms with Crippen LogP contribution in [0.1, 0.15) is 76.5 Å². The van der Waals surface area contributed by atoms with Gasteiger partial charge in [-0.2, -0.15) is 5.10 Å². The van der Waals surface area contributed by atoms with Crippen LogP contribution in [0.15, 0.2) is 12.3 Å². The Morgan fingerprint density at radius 1 is 1.27 bits per heavy atom. The van der Waals surface area contributed by atoms with E-state index in [9.17, 15) is 9.59 Å². The van der Waals surface area contributed by atoms with Gasteiger partial charge < -0.3 is 19.9 Å². The largest absolute Gasteiger partial charge is 0.506 e. The number of anilines is 1. The molecule has 2 unspecified atom stereocenters. The Bertz CT molecular complexity index is 1130. The highest BCUT2D eigenvalue weighted by Crippen LogP contribution is 2.39. The number of likely N-dealkylation sites (tertiary alicyclic amines) is 1. The molecule has 0 spiro atoms. The van der Waals surface area contributed by atoms with Crippen molar-refractivity contribution in [3.8, 4) is 0 Å². The van der Waals surface area contributed by atoms with Crippen LogP contribution in [-0.4, -0.2) is 98.1 Å². The normalized spacial score (nSPS) is 23.9. The summed E-state index contributed by atoms with van der Waals surface area (Å²) in [7, 11) is 0. The van der Waals surface area contributed by atoms with E-state index in [-0.39, 0.29) is 17.4 Å². The van der Waals surface area contributed by atoms with E-state index >= 15 is 0 Å². The monoisotopic (exact) mass is 516 g/mol. The van der Waals surface area contributed by atoms with Gasteiger partial charge >= 0.3 is 6.16 Å². The van der Waals surface area contributed by atoms with Crippen molar-refractivity contribution in [1.29, 1.82) is 0 Å². The second-order valence-corrected chi connectivity index (χ2v) is 11.5. The lowest BCUT2D eigenvalue weighted by Crippen LogP contribution is -2.44. The molecule has 5 heterocycles. The number of fused-ring (bicyclic) bond motifs is 2. The van der Waals surface area contributed by atoms with Crippen LogP contribution in [0, 0.1) is 0 Å². The standard InChI is InChI=1S/C21H30N6O2.C5H10O3/c1-14(2)19-11-22-20-18(10-17(15(3)28)24-27(19)20)23-16-4-6-25(7-5-16)12-21-13-26(21)8-9-29-21;1-5(2,3)8-4(6)7/h10-11,14,16,23H,4-9,12-13H2,1-3H3;1-3H3,(H,6,7). The third-order valence-corrected chi connectivity index (χ3v) is 6.90. The molecule has 2 aromatic heterocycles. The first-order valence-electron chi connectivity index (χ1n) is 13.1. The number of imidazole rings is 1. The lowest BCUT2D eigenvalue weighted by Gasteiger charge is -2.34. The molecule has 0 saturated carbocycles. The van der Waals surface area contributed by atoms with Crippen molar-refractivity contribution >= 4 is 23.3 Å². The molecule has 0 aromatic carbocycles. The van der Waals surface area contributed by atoms with Gasteiger partial charge in [0.15, 0.2) is 11.4 Å². The lowest BCUT2D eigenvalue weighted by molar-refractivity contribution is 0.0149. The first-order chi connectivity index (χ1) is 17.4. The highest BCUT2D eigenvalue weighted by Gasteiger charge is 2.57. The summed E-state index contributed by atoms with van der Waals surface area (Å²) in [6.07, 6.45) is 2.78. The molecule has 204 valence electrons. The number of hydrogen-bond acceptors (Lipinski definition) is 9. The van der Waals surface area contributed by atoms with Crippen molar-refractivity contribution in [2.45, 2.75) is 77.7 Å². The predicted octanol–water partition coefficient (Wildman–Crippen LogP) is 3.45. The van der Waals surface area contributed by atoms with Crippen molar-refractivity contribution in [2.75, 3.05) is 44.6 Å². The molecule has 3 saturated heterocycles. The number of Topliss-reactive ketones (excluding diaryl/α,β-unsaturated/α-hetero) is 1. The van der Waals surface area contributed by atoms with Gasteiger partial charge in [0.25, 0.3) is 0 Å². The topological polar surface area (TPSA) is 121 Å². The van der Waals surface area contributed by atoms with Crippen molar-refractivity contribution in [3.63, 3.8) is 0 Å². The number of ether oxygens (including phenoxy) is 2. The number of hydrogen-bond donors (Lipinski definition) is 2. The SMILES string of the molecule is CC(=O)c1cc(NC2CCN(CC34CN3CCO4)CC2)c2ncc(C(C)C)n2n1.CC(C)(C)OC(=O)O. The average Bonchev–Trinajstić information content (AvgIpc) is 3.12. The zero-order valence-electron chi connectivity index (χ0n) is 22.8. The Hall–Kier alpha value is -2.76. The summed E-state index contributed by atoms with van der Waals surface area (Å²) < 4.78 is 12.1. The van der Waals surface area contributed by atoms with E-state index in [4.69, 9.17) is 9.84 Å². The third kappa shape index (κ3) is 6.58. The van der Waals surface area contributed by atoms with Gasteiger partial charge in [-0.1, -0.05) is 13.8 Å². The number of aromatic nitrogens is 3. The first-order valence-corrected chi connectivity index (χ1v) is 13.1. The van der Waals surface area contributed by atoms with Crippen LogP contribution in [-0.2, 0) is 9.47 Å². The summed E-state index contributed by atoms with van der Waals surface area (Å²) in [6.45, 7) is 17.0. The van der Waals surface area contributed by atoms with Crippen LogP contribution in [0.25, 0.3) is 5.65 Å². The first kappa shape index (κ1) is 27.3. The molecular weight excluding hydrogens is 476 g/mol. The fraction of sp³-hybridized carbons (Fsp3) is 0.692. The van der Waals surface area contributed by atoms with Crippen LogP contribution in [0.4, 0.5) is 10.5 Å². The molecule has 3 aliphatic rings. The Labute approximate surface area is 218 Å². The van der Waals surface area contributed by atoms with Crippen molar-refractivity contribution in [3.05, 3.63) is 23.7 Å². The summed E-state index contributed by atoms with van der Waals surface area (Å²) in [5.41, 5.74) is 2.65. The number of piperidine rings is 1. The summed E-state index contributed by atoms with van der Waals surface area (Å²) in [5.74, 6) is 0.257. The summed E-state index contributed by atoms with van der Waals surface area (Å²) in [5, 5.41) is 16.2. The molecule has 5 rings (SSSR count). The van der Waals surface area contributed by atoms with Gasteiger partial charge in [0.2, 0.25) is 0 Å². The van der Waals surface area contributed by atoms with Crippen LogP contribution in [0.3, 0.4) is 0 Å². The maximum Gasteiger partial charge on any atom is 0.506 e. The number of ketones is 1. The van der Waals surface area contributed by atoms with Gasteiger partial charge in [-0.05, 0) is 45.6 Å². The molecule has 0 aliphatic carbocycles. The van der Waals surface area contributed by atoms with Crippen LogP contribution < -0.4 is 5.32 Å². The predicted molar refractivity (Wildman–Crippen MR) is 139 cm³/mol. The molecule has 0 radical (unpaired) electrons. The minimum absolute atomic E-state index is 0.0248. The minimum atomic E-state index is -1.22. The van der Waals surface area contributed by atoms with Crippen LogP contribution in [0.2, 0.25) is 0 Å². The van der Waals surface area contributed by atoms with E-state index in [1.54, 1.807) is 27.7 Å². The fourth-order valence-electron chi connectivity index (χ4n) is 4.95. The minimum Gasteiger partial charge on any atom is -0.450 e. The summed E-state index contributed by atoms with van der Waals surface area (Å²) >= 11 is 0. The fourth-order valence-corrected chi connectivity index (χ4v) is 4.95. The summed E-state index contributed by atoms with van der Waals surface area (Å²) in [4.78, 5) is 31.4. The van der Waals surface area contributed by atoms with E-state index < -0.39 is 11.8 Å². The molecule has 37 heavy (non-hydrogen) atoms. The highest BCUT2D eigenvalue weighted by molar-refractivity contribution is 5.93. The molecule has 11 nitrogen and oxygen atoms in total. The maximum absolute atomic E-state index is 12.0. The Morgan fingerprint density at radius 3 is 2.46 bits per heavy atom. The third-order valence-electron chi connectivity index (χ3n) is 6.90. The molecule has 3 fully saturated rings. The van der Waals surface area contributed by atoms with Gasteiger partial charge in [0.05, 0.1) is 24.2 Å². The van der Waals surface area contributed by atoms with E-state index in [1.165, 1.54) is 0 Å². The zero-order valence-corrected chi connectivity index (χ0v) is 22.8. The molecule has 2 atom stereocenters. The Kier molecular flexibility index (Phi) is 7.77. The molecule has 0 amide bonds. The van der Waals surface area contributed by atoms with E-state index in [2.05, 4.69) is 43.8 Å². The van der Waals surface area contributed by atoms with Gasteiger partial charge in [0, 0.05) is 45.7 Å². The van der Waals surface area contributed by atoms with Crippen molar-refractivity contribution in [1.82, 2.24) is 24.4 Å². The second-order valence-electron chi connectivity index (χ2n) is 11.5. The quantitative estimate of drug-likeness (QED) is 0.335. The second kappa shape index (κ2) is 10.5. The van der Waals surface area contributed by atoms with Crippen LogP contribution >= 0.6 is 0 Å². The number of carbonyl (C=O) groups excluding carboxylic acids is 1. The van der Waals surface area contributed by atoms with Gasteiger partial charge in [0.1, 0.15) is 17.0 Å². The highest BCUT2D eigenvalue weighted by atomic mass is 16.7. The van der Waals surface area contributed by atoms with Gasteiger partial charge in [-0.25, -0.2) is 14.3 Å². The number of morpholine rings is 1. The number of nitrogens with zero attached hydrogens (tertiary/aromatic N) is 5. The molecule has 3 aliphatic heterocycles. The lowest BCUT2D eigenvalue weighted by atomic mass is 10.0. The Balaban J connectivity index is 0.000000349. The molecule has 2 N–H and O–H groups in total. The average molecular weight is 517 g/mol. The number of carboxylic acid groups (broad SMARTS) is 1. The molecule has 0 bridgehead atoms.